The number of rotatable bonds is 3. The second-order valence-corrected chi connectivity index (χ2v) is 5.63. The monoisotopic (exact) mass is 309 g/mol. The number of carbonyl (C=O) groups excluding carboxylic acids is 1. The summed E-state index contributed by atoms with van der Waals surface area (Å²) in [6.45, 7) is 2.11. The van der Waals surface area contributed by atoms with Gasteiger partial charge in [-0.25, -0.2) is 9.78 Å². The summed E-state index contributed by atoms with van der Waals surface area (Å²) in [5.41, 5.74) is 0.613. The lowest BCUT2D eigenvalue weighted by Crippen LogP contribution is -2.46. The van der Waals surface area contributed by atoms with Crippen molar-refractivity contribution in [3.8, 4) is 0 Å². The van der Waals surface area contributed by atoms with Crippen LogP contribution < -0.4 is 5.56 Å². The molecule has 0 radical (unpaired) electrons. The Morgan fingerprint density at radius 2 is 2.48 bits per heavy atom. The van der Waals surface area contributed by atoms with Crippen LogP contribution in [0.25, 0.3) is 4.96 Å². The lowest BCUT2D eigenvalue weighted by molar-refractivity contribution is -0.160. The van der Waals surface area contributed by atoms with Gasteiger partial charge in [0.2, 0.25) is 0 Å². The van der Waals surface area contributed by atoms with E-state index in [9.17, 15) is 9.59 Å². The summed E-state index contributed by atoms with van der Waals surface area (Å²) in [6, 6.07) is 1.53. The molecule has 0 saturated carbocycles. The third-order valence-electron chi connectivity index (χ3n) is 3.36. The van der Waals surface area contributed by atoms with Gasteiger partial charge >= 0.3 is 5.97 Å². The third kappa shape index (κ3) is 2.97. The standard InChI is InChI=1S/C13H15N3O4S/c1-19-12(18)10-8-15(2-4-20-10)7-9-6-11(17)16-3-5-21-13(16)14-9/h3,5-6,10H,2,4,7-8H2,1H3. The molecule has 2 aromatic rings. The van der Waals surface area contributed by atoms with Gasteiger partial charge in [-0.05, 0) is 0 Å². The van der Waals surface area contributed by atoms with Crippen LogP contribution in [0.5, 0.6) is 0 Å². The highest BCUT2D eigenvalue weighted by atomic mass is 32.1. The van der Waals surface area contributed by atoms with Crippen molar-refractivity contribution in [2.45, 2.75) is 12.6 Å². The van der Waals surface area contributed by atoms with Crippen LogP contribution in [-0.2, 0) is 20.8 Å². The Labute approximate surface area is 124 Å². The minimum Gasteiger partial charge on any atom is -0.467 e. The van der Waals surface area contributed by atoms with Crippen molar-refractivity contribution in [1.82, 2.24) is 14.3 Å². The SMILES string of the molecule is COC(=O)C1CN(Cc2cc(=O)n3ccsc3n2)CCO1. The highest BCUT2D eigenvalue weighted by molar-refractivity contribution is 7.15. The number of ether oxygens (including phenoxy) is 2. The minimum absolute atomic E-state index is 0.0889. The summed E-state index contributed by atoms with van der Waals surface area (Å²) < 4.78 is 11.6. The van der Waals surface area contributed by atoms with Crippen LogP contribution in [0.4, 0.5) is 0 Å². The summed E-state index contributed by atoms with van der Waals surface area (Å²) in [4.78, 5) is 30.6. The van der Waals surface area contributed by atoms with Gasteiger partial charge in [-0.3, -0.25) is 14.1 Å². The molecule has 1 aliphatic rings. The molecule has 3 rings (SSSR count). The Bertz CT molecular complexity index is 711. The molecule has 0 spiro atoms. The average Bonchev–Trinajstić information content (AvgIpc) is 2.95. The van der Waals surface area contributed by atoms with Crippen LogP contribution in [0, 0.1) is 0 Å². The predicted molar refractivity (Wildman–Crippen MR) is 76.4 cm³/mol. The summed E-state index contributed by atoms with van der Waals surface area (Å²) in [6.07, 6.45) is 1.14. The highest BCUT2D eigenvalue weighted by Gasteiger charge is 2.27. The van der Waals surface area contributed by atoms with Gasteiger partial charge in [0.05, 0.1) is 19.4 Å². The quantitative estimate of drug-likeness (QED) is 0.751. The first kappa shape index (κ1) is 14.2. The Balaban J connectivity index is 1.75. The van der Waals surface area contributed by atoms with Crippen molar-refractivity contribution < 1.29 is 14.3 Å². The van der Waals surface area contributed by atoms with E-state index in [4.69, 9.17) is 9.47 Å². The number of morpholine rings is 1. The van der Waals surface area contributed by atoms with E-state index in [1.165, 1.54) is 28.9 Å². The second-order valence-electron chi connectivity index (χ2n) is 4.76. The lowest BCUT2D eigenvalue weighted by atomic mass is 10.2. The van der Waals surface area contributed by atoms with Crippen LogP contribution >= 0.6 is 11.3 Å². The molecule has 0 aliphatic carbocycles. The smallest absolute Gasteiger partial charge is 0.336 e. The number of hydrogen-bond acceptors (Lipinski definition) is 7. The molecule has 1 aliphatic heterocycles. The van der Waals surface area contributed by atoms with Crippen LogP contribution in [0.15, 0.2) is 22.4 Å². The van der Waals surface area contributed by atoms with Gasteiger partial charge in [0.25, 0.3) is 5.56 Å². The first-order valence-corrected chi connectivity index (χ1v) is 7.43. The zero-order chi connectivity index (χ0) is 14.8. The molecule has 21 heavy (non-hydrogen) atoms. The summed E-state index contributed by atoms with van der Waals surface area (Å²) >= 11 is 1.42. The maximum absolute atomic E-state index is 11.9. The molecular formula is C13H15N3O4S. The molecule has 1 unspecified atom stereocenters. The van der Waals surface area contributed by atoms with E-state index < -0.39 is 6.10 Å². The van der Waals surface area contributed by atoms with E-state index >= 15 is 0 Å². The van der Waals surface area contributed by atoms with Crippen molar-refractivity contribution in [1.29, 1.82) is 0 Å². The van der Waals surface area contributed by atoms with Crippen molar-refractivity contribution in [2.75, 3.05) is 26.8 Å². The molecule has 3 heterocycles. The number of nitrogens with zero attached hydrogens (tertiary/aromatic N) is 3. The normalized spacial score (nSPS) is 19.8. The van der Waals surface area contributed by atoms with Crippen molar-refractivity contribution >= 4 is 22.3 Å². The maximum atomic E-state index is 11.9. The Morgan fingerprint density at radius 3 is 3.29 bits per heavy atom. The number of methoxy groups -OCH3 is 1. The van der Waals surface area contributed by atoms with Gasteiger partial charge in [0, 0.05) is 37.3 Å². The number of hydrogen-bond donors (Lipinski definition) is 0. The fourth-order valence-electron chi connectivity index (χ4n) is 2.32. The molecule has 1 saturated heterocycles. The first-order valence-electron chi connectivity index (χ1n) is 6.55. The molecule has 7 nitrogen and oxygen atoms in total. The van der Waals surface area contributed by atoms with E-state index in [0.717, 1.165) is 0 Å². The van der Waals surface area contributed by atoms with Gasteiger partial charge in [0.1, 0.15) is 0 Å². The van der Waals surface area contributed by atoms with Gasteiger partial charge < -0.3 is 9.47 Å². The molecule has 112 valence electrons. The van der Waals surface area contributed by atoms with E-state index in [2.05, 4.69) is 4.98 Å². The summed E-state index contributed by atoms with van der Waals surface area (Å²) in [5, 5.41) is 1.83. The minimum atomic E-state index is -0.574. The van der Waals surface area contributed by atoms with Gasteiger partial charge in [-0.1, -0.05) is 0 Å². The number of aromatic nitrogens is 2. The molecule has 0 aromatic carbocycles. The Morgan fingerprint density at radius 1 is 1.62 bits per heavy atom. The number of esters is 1. The lowest BCUT2D eigenvalue weighted by Gasteiger charge is -2.31. The van der Waals surface area contributed by atoms with Crippen LogP contribution in [0.1, 0.15) is 5.69 Å². The van der Waals surface area contributed by atoms with E-state index in [0.29, 0.717) is 36.9 Å². The van der Waals surface area contributed by atoms with Crippen LogP contribution in [-0.4, -0.2) is 53.2 Å². The molecule has 1 atom stereocenters. The molecule has 2 aromatic heterocycles. The number of thiazole rings is 1. The van der Waals surface area contributed by atoms with Gasteiger partial charge in [-0.15, -0.1) is 11.3 Å². The first-order chi connectivity index (χ1) is 10.2. The molecule has 0 amide bonds. The Hall–Kier alpha value is -1.77. The molecule has 8 heteroatoms. The largest absolute Gasteiger partial charge is 0.467 e. The van der Waals surface area contributed by atoms with Crippen LogP contribution in [0.3, 0.4) is 0 Å². The summed E-state index contributed by atoms with van der Waals surface area (Å²) in [5.74, 6) is -0.374. The molecular weight excluding hydrogens is 294 g/mol. The highest BCUT2D eigenvalue weighted by Crippen LogP contribution is 2.12. The zero-order valence-corrected chi connectivity index (χ0v) is 12.3. The predicted octanol–water partition coefficient (Wildman–Crippen LogP) is 0.130. The fraction of sp³-hybridized carbons (Fsp3) is 0.462. The topological polar surface area (TPSA) is 73.1 Å². The molecule has 0 bridgehead atoms. The van der Waals surface area contributed by atoms with E-state index in [-0.39, 0.29) is 11.5 Å². The second kappa shape index (κ2) is 5.92. The van der Waals surface area contributed by atoms with Gasteiger partial charge in [0.15, 0.2) is 11.1 Å². The summed E-state index contributed by atoms with van der Waals surface area (Å²) in [7, 11) is 1.35. The maximum Gasteiger partial charge on any atom is 0.336 e. The van der Waals surface area contributed by atoms with Crippen molar-refractivity contribution in [3.05, 3.63) is 33.7 Å². The van der Waals surface area contributed by atoms with Crippen LogP contribution in [0.2, 0.25) is 0 Å². The van der Waals surface area contributed by atoms with Gasteiger partial charge in [-0.2, -0.15) is 0 Å². The van der Waals surface area contributed by atoms with E-state index in [1.807, 2.05) is 10.3 Å². The average molecular weight is 309 g/mol. The fourth-order valence-corrected chi connectivity index (χ4v) is 3.06. The third-order valence-corrected chi connectivity index (χ3v) is 4.11. The zero-order valence-electron chi connectivity index (χ0n) is 11.5. The van der Waals surface area contributed by atoms with E-state index in [1.54, 1.807) is 6.20 Å². The molecule has 1 fully saturated rings. The number of fused-ring (bicyclic) bond motifs is 1. The van der Waals surface area contributed by atoms with Crippen molar-refractivity contribution in [2.24, 2.45) is 0 Å². The molecule has 0 N–H and O–H groups in total. The Kier molecular flexibility index (Phi) is 4.00. The number of carbonyl (C=O) groups is 1. The van der Waals surface area contributed by atoms with Crippen molar-refractivity contribution in [3.63, 3.8) is 0 Å².